The van der Waals surface area contributed by atoms with Crippen LogP contribution < -0.4 is 4.74 Å². The lowest BCUT2D eigenvalue weighted by atomic mass is 9.95. The minimum Gasteiger partial charge on any atom is -0.508 e. The molecule has 3 aromatic rings. The zero-order valence-electron chi connectivity index (χ0n) is 16.7. The van der Waals surface area contributed by atoms with E-state index in [4.69, 9.17) is 4.74 Å². The predicted molar refractivity (Wildman–Crippen MR) is 113 cm³/mol. The van der Waals surface area contributed by atoms with Crippen molar-refractivity contribution in [2.75, 3.05) is 7.11 Å². The van der Waals surface area contributed by atoms with Crippen molar-refractivity contribution in [3.05, 3.63) is 95.3 Å². The van der Waals surface area contributed by atoms with Crippen LogP contribution in [0.4, 0.5) is 0 Å². The van der Waals surface area contributed by atoms with Crippen LogP contribution in [0.2, 0.25) is 0 Å². The van der Waals surface area contributed by atoms with Crippen molar-refractivity contribution < 1.29 is 24.5 Å². The van der Waals surface area contributed by atoms with Crippen LogP contribution in [0, 0.1) is 0 Å². The van der Waals surface area contributed by atoms with Gasteiger partial charge in [-0.1, -0.05) is 24.3 Å². The number of ketones is 1. The number of aliphatic hydroxyl groups is 1. The molecule has 1 fully saturated rings. The average Bonchev–Trinajstić information content (AvgIpc) is 3.05. The Balaban J connectivity index is 1.86. The zero-order valence-corrected chi connectivity index (χ0v) is 16.7. The van der Waals surface area contributed by atoms with Gasteiger partial charge in [0.05, 0.1) is 18.7 Å². The number of carbonyl (C=O) groups excluding carboxylic acids is 2. The molecule has 1 aliphatic heterocycles. The molecule has 7 heteroatoms. The van der Waals surface area contributed by atoms with Crippen molar-refractivity contribution in [2.45, 2.75) is 12.6 Å². The first kappa shape index (κ1) is 20.2. The van der Waals surface area contributed by atoms with E-state index in [1.165, 1.54) is 24.1 Å². The molecule has 2 N–H and O–H groups in total. The van der Waals surface area contributed by atoms with E-state index in [2.05, 4.69) is 4.98 Å². The van der Waals surface area contributed by atoms with Crippen LogP contribution >= 0.6 is 0 Å². The third kappa shape index (κ3) is 3.85. The normalized spacial score (nSPS) is 17.7. The van der Waals surface area contributed by atoms with Crippen LogP contribution in [0.3, 0.4) is 0 Å². The van der Waals surface area contributed by atoms with Crippen LogP contribution in [0.15, 0.2) is 78.6 Å². The summed E-state index contributed by atoms with van der Waals surface area (Å²) in [5.74, 6) is -1.20. The third-order valence-electron chi connectivity index (χ3n) is 5.19. The first-order valence-corrected chi connectivity index (χ1v) is 9.60. The molecule has 2 heterocycles. The summed E-state index contributed by atoms with van der Waals surface area (Å²) in [5.41, 5.74) is 1.74. The molecule has 0 spiro atoms. The number of likely N-dealkylation sites (tertiary alicyclic amines) is 1. The predicted octanol–water partition coefficient (Wildman–Crippen LogP) is 3.42. The lowest BCUT2D eigenvalue weighted by Gasteiger charge is -2.25. The molecule has 1 aliphatic rings. The van der Waals surface area contributed by atoms with Crippen LogP contribution in [-0.2, 0) is 16.1 Å². The van der Waals surface area contributed by atoms with E-state index in [0.717, 1.165) is 5.56 Å². The Hall–Kier alpha value is -4.13. The van der Waals surface area contributed by atoms with E-state index in [1.807, 2.05) is 0 Å². The molecule has 1 saturated heterocycles. The van der Waals surface area contributed by atoms with Gasteiger partial charge in [-0.25, -0.2) is 0 Å². The number of hydrogen-bond donors (Lipinski definition) is 2. The average molecular weight is 416 g/mol. The summed E-state index contributed by atoms with van der Waals surface area (Å²) < 4.78 is 5.21. The summed E-state index contributed by atoms with van der Waals surface area (Å²) >= 11 is 0. The van der Waals surface area contributed by atoms with Crippen molar-refractivity contribution in [3.8, 4) is 11.5 Å². The van der Waals surface area contributed by atoms with Gasteiger partial charge in [0.1, 0.15) is 17.3 Å². The zero-order chi connectivity index (χ0) is 22.0. The first-order chi connectivity index (χ1) is 15.0. The molecule has 1 atom stereocenters. The van der Waals surface area contributed by atoms with Gasteiger partial charge in [-0.3, -0.25) is 14.6 Å². The van der Waals surface area contributed by atoms with Crippen LogP contribution in [-0.4, -0.2) is 38.9 Å². The number of methoxy groups -OCH3 is 1. The maximum Gasteiger partial charge on any atom is 0.295 e. The summed E-state index contributed by atoms with van der Waals surface area (Å²) in [6.07, 6.45) is 3.22. The number of rotatable bonds is 5. The minimum absolute atomic E-state index is 0.0157. The molecule has 0 bridgehead atoms. The SMILES string of the molecule is COc1cccc(/C(O)=C2/C(=O)C(=O)N(Cc3ccncc3)C2c2ccc(O)cc2)c1. The van der Waals surface area contributed by atoms with Crippen LogP contribution in [0.25, 0.3) is 5.76 Å². The van der Waals surface area contributed by atoms with E-state index < -0.39 is 17.7 Å². The number of Topliss-reactive ketones (excluding diaryl/α,β-unsaturated/α-hetero) is 1. The first-order valence-electron chi connectivity index (χ1n) is 9.60. The Labute approximate surface area is 178 Å². The fourth-order valence-electron chi connectivity index (χ4n) is 3.66. The molecule has 1 amide bonds. The molecule has 156 valence electrons. The molecule has 1 aromatic heterocycles. The highest BCUT2D eigenvalue weighted by Crippen LogP contribution is 2.40. The summed E-state index contributed by atoms with van der Waals surface area (Å²) in [4.78, 5) is 31.4. The summed E-state index contributed by atoms with van der Waals surface area (Å²) in [6.45, 7) is 0.160. The van der Waals surface area contributed by atoms with E-state index in [-0.39, 0.29) is 23.6 Å². The molecule has 7 nitrogen and oxygen atoms in total. The van der Waals surface area contributed by atoms with Crippen molar-refractivity contribution in [1.29, 1.82) is 0 Å². The molecule has 31 heavy (non-hydrogen) atoms. The number of phenols is 1. The molecule has 1 unspecified atom stereocenters. The van der Waals surface area contributed by atoms with Gasteiger partial charge in [0.15, 0.2) is 0 Å². The smallest absolute Gasteiger partial charge is 0.295 e. The quantitative estimate of drug-likeness (QED) is 0.376. The van der Waals surface area contributed by atoms with Crippen molar-refractivity contribution >= 4 is 17.4 Å². The second-order valence-corrected chi connectivity index (χ2v) is 7.11. The summed E-state index contributed by atoms with van der Waals surface area (Å²) in [7, 11) is 1.50. The molecule has 0 aliphatic carbocycles. The maximum atomic E-state index is 13.0. The van der Waals surface area contributed by atoms with E-state index in [9.17, 15) is 19.8 Å². The maximum absolute atomic E-state index is 13.0. The molecule has 0 saturated carbocycles. The number of aromatic hydroxyl groups is 1. The van der Waals surface area contributed by atoms with Gasteiger partial charge in [0, 0.05) is 24.5 Å². The number of aromatic nitrogens is 1. The highest BCUT2D eigenvalue weighted by molar-refractivity contribution is 6.46. The number of pyridine rings is 1. The number of hydrogen-bond acceptors (Lipinski definition) is 6. The fourth-order valence-corrected chi connectivity index (χ4v) is 3.66. The van der Waals surface area contributed by atoms with Gasteiger partial charge in [-0.15, -0.1) is 0 Å². The van der Waals surface area contributed by atoms with Gasteiger partial charge in [0.25, 0.3) is 11.7 Å². The van der Waals surface area contributed by atoms with Gasteiger partial charge in [0.2, 0.25) is 0 Å². The number of phenolic OH excluding ortho intramolecular Hbond substituents is 1. The molecule has 2 aromatic carbocycles. The highest BCUT2D eigenvalue weighted by Gasteiger charge is 2.46. The topological polar surface area (TPSA) is 100.0 Å². The van der Waals surface area contributed by atoms with E-state index in [1.54, 1.807) is 60.9 Å². The van der Waals surface area contributed by atoms with Gasteiger partial charge in [-0.05, 0) is 47.5 Å². The van der Waals surface area contributed by atoms with Gasteiger partial charge >= 0.3 is 0 Å². The van der Waals surface area contributed by atoms with Crippen LogP contribution in [0.5, 0.6) is 11.5 Å². The Morgan fingerprint density at radius 1 is 1.06 bits per heavy atom. The molecular formula is C24H20N2O5. The Bertz CT molecular complexity index is 1160. The minimum atomic E-state index is -0.819. The Kier molecular flexibility index (Phi) is 5.41. The van der Waals surface area contributed by atoms with Gasteiger partial charge < -0.3 is 19.8 Å². The lowest BCUT2D eigenvalue weighted by Crippen LogP contribution is -2.29. The lowest BCUT2D eigenvalue weighted by molar-refractivity contribution is -0.140. The number of amides is 1. The summed E-state index contributed by atoms with van der Waals surface area (Å²) in [5, 5.41) is 20.7. The number of aliphatic hydroxyl groups excluding tert-OH is 1. The Morgan fingerprint density at radius 3 is 2.45 bits per heavy atom. The van der Waals surface area contributed by atoms with Crippen LogP contribution in [0.1, 0.15) is 22.7 Å². The highest BCUT2D eigenvalue weighted by atomic mass is 16.5. The number of carbonyl (C=O) groups is 2. The standard InChI is InChI=1S/C24H20N2O5/c1-31-19-4-2-3-17(13-19)22(28)20-21(16-5-7-18(27)8-6-16)26(24(30)23(20)29)14-15-9-11-25-12-10-15/h2-13,21,27-28H,14H2,1H3/b22-20-. The monoisotopic (exact) mass is 416 g/mol. The fraction of sp³-hybridized carbons (Fsp3) is 0.125. The van der Waals surface area contributed by atoms with Gasteiger partial charge in [-0.2, -0.15) is 0 Å². The second kappa shape index (κ2) is 8.31. The number of nitrogens with zero attached hydrogens (tertiary/aromatic N) is 2. The summed E-state index contributed by atoms with van der Waals surface area (Å²) in [6, 6.07) is 15.6. The van der Waals surface area contributed by atoms with Crippen molar-refractivity contribution in [3.63, 3.8) is 0 Å². The molecule has 0 radical (unpaired) electrons. The third-order valence-corrected chi connectivity index (χ3v) is 5.19. The number of ether oxygens (including phenoxy) is 1. The molecule has 4 rings (SSSR count). The second-order valence-electron chi connectivity index (χ2n) is 7.11. The van der Waals surface area contributed by atoms with Crippen molar-refractivity contribution in [1.82, 2.24) is 9.88 Å². The van der Waals surface area contributed by atoms with E-state index >= 15 is 0 Å². The number of benzene rings is 2. The molecular weight excluding hydrogens is 396 g/mol. The largest absolute Gasteiger partial charge is 0.508 e. The van der Waals surface area contributed by atoms with E-state index in [0.29, 0.717) is 16.9 Å². The Morgan fingerprint density at radius 2 is 1.77 bits per heavy atom. The van der Waals surface area contributed by atoms with Crippen molar-refractivity contribution in [2.24, 2.45) is 0 Å².